The SMILES string of the molecule is CC(C)(C)OC(=O)N1CCC[C@H]1CCc1cc2cc(C#N)ccc2o1. The number of hydrogen-bond donors (Lipinski definition) is 0. The van der Waals surface area contributed by atoms with E-state index in [0.717, 1.165) is 49.0 Å². The molecule has 1 aromatic carbocycles. The molecule has 1 saturated heterocycles. The van der Waals surface area contributed by atoms with E-state index in [9.17, 15) is 4.79 Å². The standard InChI is InChI=1S/C20H24N2O3/c1-20(2,3)25-19(23)22-10-4-5-16(22)7-8-17-12-15-11-14(13-21)6-9-18(15)24-17/h6,9,11-12,16H,4-5,7-8,10H2,1-3H3/t16-/m0/s1. The van der Waals surface area contributed by atoms with E-state index in [1.54, 1.807) is 6.07 Å². The van der Waals surface area contributed by atoms with E-state index < -0.39 is 5.60 Å². The molecule has 1 aromatic heterocycles. The fourth-order valence-electron chi connectivity index (χ4n) is 3.30. The summed E-state index contributed by atoms with van der Waals surface area (Å²) in [6, 6.07) is 9.76. The number of carbonyl (C=O) groups excluding carboxylic acids is 1. The molecule has 1 amide bonds. The lowest BCUT2D eigenvalue weighted by atomic mass is 10.1. The fourth-order valence-corrected chi connectivity index (χ4v) is 3.30. The van der Waals surface area contributed by atoms with Crippen molar-refractivity contribution in [3.63, 3.8) is 0 Å². The normalized spacial score (nSPS) is 17.7. The molecule has 2 heterocycles. The minimum Gasteiger partial charge on any atom is -0.461 e. The molecular formula is C20H24N2O3. The summed E-state index contributed by atoms with van der Waals surface area (Å²) in [5, 5.41) is 9.93. The Kier molecular flexibility index (Phi) is 4.71. The zero-order valence-electron chi connectivity index (χ0n) is 15.0. The predicted molar refractivity (Wildman–Crippen MR) is 95.2 cm³/mol. The number of benzene rings is 1. The van der Waals surface area contributed by atoms with Crippen molar-refractivity contribution in [3.8, 4) is 6.07 Å². The first-order chi connectivity index (χ1) is 11.9. The molecular weight excluding hydrogens is 316 g/mol. The molecule has 132 valence electrons. The maximum absolute atomic E-state index is 12.3. The lowest BCUT2D eigenvalue weighted by Gasteiger charge is -2.28. The second-order valence-electron chi connectivity index (χ2n) is 7.59. The van der Waals surface area contributed by atoms with Gasteiger partial charge >= 0.3 is 6.09 Å². The highest BCUT2D eigenvalue weighted by Gasteiger charge is 2.31. The number of nitrogens with zero attached hydrogens (tertiary/aromatic N) is 2. The van der Waals surface area contributed by atoms with Crippen LogP contribution in [0.5, 0.6) is 0 Å². The van der Waals surface area contributed by atoms with E-state index in [-0.39, 0.29) is 12.1 Å². The van der Waals surface area contributed by atoms with Crippen molar-refractivity contribution in [1.82, 2.24) is 4.90 Å². The molecule has 1 aliphatic rings. The highest BCUT2D eigenvalue weighted by atomic mass is 16.6. The smallest absolute Gasteiger partial charge is 0.410 e. The average Bonchev–Trinajstić information content (AvgIpc) is 3.16. The molecule has 0 aliphatic carbocycles. The maximum Gasteiger partial charge on any atom is 0.410 e. The summed E-state index contributed by atoms with van der Waals surface area (Å²) < 4.78 is 11.4. The Balaban J connectivity index is 1.64. The van der Waals surface area contributed by atoms with Crippen LogP contribution in [0.4, 0.5) is 4.79 Å². The van der Waals surface area contributed by atoms with E-state index in [1.165, 1.54) is 0 Å². The molecule has 2 aromatic rings. The van der Waals surface area contributed by atoms with E-state index in [4.69, 9.17) is 14.4 Å². The number of carbonyl (C=O) groups is 1. The highest BCUT2D eigenvalue weighted by molar-refractivity contribution is 5.79. The number of rotatable bonds is 3. The minimum atomic E-state index is -0.471. The van der Waals surface area contributed by atoms with Crippen molar-refractivity contribution in [2.24, 2.45) is 0 Å². The number of likely N-dealkylation sites (tertiary alicyclic amines) is 1. The minimum absolute atomic E-state index is 0.192. The third kappa shape index (κ3) is 4.14. The second kappa shape index (κ2) is 6.79. The number of nitriles is 1. The third-order valence-electron chi connectivity index (χ3n) is 4.43. The van der Waals surface area contributed by atoms with Crippen molar-refractivity contribution in [1.29, 1.82) is 5.26 Å². The van der Waals surface area contributed by atoms with Gasteiger partial charge in [-0.25, -0.2) is 4.79 Å². The Hall–Kier alpha value is -2.48. The summed E-state index contributed by atoms with van der Waals surface area (Å²) in [5.41, 5.74) is 0.956. The Labute approximate surface area is 148 Å². The van der Waals surface area contributed by atoms with E-state index >= 15 is 0 Å². The molecule has 0 N–H and O–H groups in total. The molecule has 1 aliphatic heterocycles. The first-order valence-corrected chi connectivity index (χ1v) is 8.78. The zero-order valence-corrected chi connectivity index (χ0v) is 15.0. The number of amides is 1. The molecule has 0 unspecified atom stereocenters. The summed E-state index contributed by atoms with van der Waals surface area (Å²) in [4.78, 5) is 14.2. The van der Waals surface area contributed by atoms with Gasteiger partial charge in [0.05, 0.1) is 11.6 Å². The summed E-state index contributed by atoms with van der Waals surface area (Å²) in [6.07, 6.45) is 3.40. The van der Waals surface area contributed by atoms with Gasteiger partial charge in [0.1, 0.15) is 16.9 Å². The molecule has 1 fully saturated rings. The van der Waals surface area contributed by atoms with Gasteiger partial charge in [-0.2, -0.15) is 5.26 Å². The van der Waals surface area contributed by atoms with Gasteiger partial charge in [0, 0.05) is 24.4 Å². The van der Waals surface area contributed by atoms with Crippen LogP contribution in [0, 0.1) is 11.3 Å². The maximum atomic E-state index is 12.3. The lowest BCUT2D eigenvalue weighted by molar-refractivity contribution is 0.0219. The van der Waals surface area contributed by atoms with Gasteiger partial charge in [-0.05, 0) is 64.3 Å². The molecule has 25 heavy (non-hydrogen) atoms. The largest absolute Gasteiger partial charge is 0.461 e. The van der Waals surface area contributed by atoms with Gasteiger partial charge in [-0.1, -0.05) is 0 Å². The number of fused-ring (bicyclic) bond motifs is 1. The number of furan rings is 1. The monoisotopic (exact) mass is 340 g/mol. The van der Waals surface area contributed by atoms with Gasteiger partial charge in [0.25, 0.3) is 0 Å². The highest BCUT2D eigenvalue weighted by Crippen LogP contribution is 2.26. The van der Waals surface area contributed by atoms with E-state index in [1.807, 2.05) is 43.9 Å². The molecule has 0 spiro atoms. The van der Waals surface area contributed by atoms with E-state index in [2.05, 4.69) is 6.07 Å². The van der Waals surface area contributed by atoms with Crippen LogP contribution in [-0.4, -0.2) is 29.2 Å². The molecule has 0 saturated carbocycles. The van der Waals surface area contributed by atoms with Crippen LogP contribution >= 0.6 is 0 Å². The summed E-state index contributed by atoms with van der Waals surface area (Å²) >= 11 is 0. The topological polar surface area (TPSA) is 66.5 Å². The fraction of sp³-hybridized carbons (Fsp3) is 0.500. The van der Waals surface area contributed by atoms with Gasteiger partial charge in [0.15, 0.2) is 0 Å². The number of aryl methyl sites for hydroxylation is 1. The average molecular weight is 340 g/mol. The number of ether oxygens (including phenoxy) is 1. The summed E-state index contributed by atoms with van der Waals surface area (Å²) in [6.45, 7) is 6.42. The van der Waals surface area contributed by atoms with Crippen LogP contribution in [0.25, 0.3) is 11.0 Å². The molecule has 5 heteroatoms. The Morgan fingerprint density at radius 1 is 1.40 bits per heavy atom. The predicted octanol–water partition coefficient (Wildman–Crippen LogP) is 4.64. The lowest BCUT2D eigenvalue weighted by Crippen LogP contribution is -2.40. The summed E-state index contributed by atoms with van der Waals surface area (Å²) in [7, 11) is 0. The first kappa shape index (κ1) is 17.3. The Bertz CT molecular complexity index is 810. The van der Waals surface area contributed by atoms with Gasteiger partial charge in [-0.3, -0.25) is 0 Å². The van der Waals surface area contributed by atoms with Crippen molar-refractivity contribution >= 4 is 17.1 Å². The van der Waals surface area contributed by atoms with Crippen LogP contribution in [0.15, 0.2) is 28.7 Å². The van der Waals surface area contributed by atoms with Crippen molar-refractivity contribution < 1.29 is 13.9 Å². The molecule has 3 rings (SSSR count). The Morgan fingerprint density at radius 2 is 2.20 bits per heavy atom. The van der Waals surface area contributed by atoms with Crippen molar-refractivity contribution in [2.75, 3.05) is 6.54 Å². The summed E-state index contributed by atoms with van der Waals surface area (Å²) in [5.74, 6) is 0.890. The molecule has 0 bridgehead atoms. The van der Waals surface area contributed by atoms with Gasteiger partial charge < -0.3 is 14.1 Å². The van der Waals surface area contributed by atoms with Crippen LogP contribution in [0.3, 0.4) is 0 Å². The molecule has 0 radical (unpaired) electrons. The second-order valence-corrected chi connectivity index (χ2v) is 7.59. The first-order valence-electron chi connectivity index (χ1n) is 8.78. The van der Waals surface area contributed by atoms with Crippen molar-refractivity contribution in [2.45, 2.75) is 58.1 Å². The quantitative estimate of drug-likeness (QED) is 0.816. The van der Waals surface area contributed by atoms with Crippen LogP contribution in [0.1, 0.15) is 51.4 Å². The van der Waals surface area contributed by atoms with Crippen LogP contribution in [0.2, 0.25) is 0 Å². The molecule has 5 nitrogen and oxygen atoms in total. The van der Waals surface area contributed by atoms with Crippen LogP contribution in [-0.2, 0) is 11.2 Å². The van der Waals surface area contributed by atoms with E-state index in [0.29, 0.717) is 5.56 Å². The third-order valence-corrected chi connectivity index (χ3v) is 4.43. The molecule has 1 atom stereocenters. The number of hydrogen-bond acceptors (Lipinski definition) is 4. The van der Waals surface area contributed by atoms with Crippen molar-refractivity contribution in [3.05, 3.63) is 35.6 Å². The van der Waals surface area contributed by atoms with Gasteiger partial charge in [-0.15, -0.1) is 0 Å². The zero-order chi connectivity index (χ0) is 18.0. The van der Waals surface area contributed by atoms with Crippen LogP contribution < -0.4 is 0 Å². The Morgan fingerprint density at radius 3 is 2.92 bits per heavy atom. The van der Waals surface area contributed by atoms with Gasteiger partial charge in [0.2, 0.25) is 0 Å².